The van der Waals surface area contributed by atoms with Crippen LogP contribution >= 0.6 is 29.7 Å². The first-order valence-corrected chi connectivity index (χ1v) is 7.75. The molecule has 0 N–H and O–H groups in total. The van der Waals surface area contributed by atoms with Gasteiger partial charge in [-0.1, -0.05) is 18.2 Å². The Balaban J connectivity index is 0.000000217. The zero-order valence-electron chi connectivity index (χ0n) is 7.62. The number of rotatable bonds is 0. The minimum absolute atomic E-state index is 1.29. The van der Waals surface area contributed by atoms with Crippen molar-refractivity contribution in [2.24, 2.45) is 0 Å². The smallest absolute Gasteiger partial charge is 0.0790 e. The molecule has 0 aliphatic rings. The van der Waals surface area contributed by atoms with Crippen molar-refractivity contribution in [3.05, 3.63) is 33.9 Å². The predicted molar refractivity (Wildman–Crippen MR) is 64.5 cm³/mol. The Morgan fingerprint density at radius 1 is 1.08 bits per heavy atom. The van der Waals surface area contributed by atoms with Gasteiger partial charge < -0.3 is 4.57 Å². The number of benzene rings is 1. The van der Waals surface area contributed by atoms with Crippen molar-refractivity contribution >= 4 is 29.7 Å². The third-order valence-corrected chi connectivity index (χ3v) is 1.45. The molecule has 0 aliphatic carbocycles. The van der Waals surface area contributed by atoms with E-state index in [-0.39, 0.29) is 0 Å². The standard InChI is InChI=1S/C6H5I.C3H9OP/c7-6-4-2-1-3-5-6;1-5(2,3)4/h1-5H;1-3H3. The molecule has 0 amide bonds. The van der Waals surface area contributed by atoms with E-state index in [0.29, 0.717) is 0 Å². The van der Waals surface area contributed by atoms with E-state index in [0.717, 1.165) is 0 Å². The maximum absolute atomic E-state index is 10.2. The third-order valence-electron chi connectivity index (χ3n) is 0.733. The van der Waals surface area contributed by atoms with Crippen LogP contribution in [0.1, 0.15) is 0 Å². The molecule has 0 heterocycles. The molecule has 0 aliphatic heterocycles. The van der Waals surface area contributed by atoms with Gasteiger partial charge in [0.15, 0.2) is 0 Å². The van der Waals surface area contributed by atoms with Gasteiger partial charge in [0.05, 0.1) is 7.14 Å². The Morgan fingerprint density at radius 3 is 1.58 bits per heavy atom. The number of hydrogen-bond donors (Lipinski definition) is 0. The van der Waals surface area contributed by atoms with Crippen LogP contribution in [0.4, 0.5) is 0 Å². The summed E-state index contributed by atoms with van der Waals surface area (Å²) < 4.78 is 11.5. The lowest BCUT2D eigenvalue weighted by Crippen LogP contribution is -1.61. The summed E-state index contributed by atoms with van der Waals surface area (Å²) in [5.41, 5.74) is 0. The summed E-state index contributed by atoms with van der Waals surface area (Å²) in [6, 6.07) is 10.2. The highest BCUT2D eigenvalue weighted by Crippen LogP contribution is 2.28. The molecule has 12 heavy (non-hydrogen) atoms. The molecule has 0 spiro atoms. The summed E-state index contributed by atoms with van der Waals surface area (Å²) in [5, 5.41) is 0. The summed E-state index contributed by atoms with van der Waals surface area (Å²) in [6.07, 6.45) is 0. The van der Waals surface area contributed by atoms with Gasteiger partial charge in [-0.3, -0.25) is 0 Å². The minimum Gasteiger partial charge on any atom is -0.324 e. The Morgan fingerprint density at radius 2 is 1.42 bits per heavy atom. The lowest BCUT2D eigenvalue weighted by atomic mass is 10.4. The third kappa shape index (κ3) is 12.8. The second kappa shape index (κ2) is 5.76. The summed E-state index contributed by atoms with van der Waals surface area (Å²) in [7, 11) is -1.64. The molecule has 68 valence electrons. The molecule has 0 bridgehead atoms. The van der Waals surface area contributed by atoms with Gasteiger partial charge >= 0.3 is 0 Å². The molecule has 0 radical (unpaired) electrons. The first-order chi connectivity index (χ1) is 5.39. The number of hydrogen-bond acceptors (Lipinski definition) is 1. The Labute approximate surface area is 88.1 Å². The maximum atomic E-state index is 10.2. The summed E-state index contributed by atoms with van der Waals surface area (Å²) in [4.78, 5) is 0. The fourth-order valence-electron chi connectivity index (χ4n) is 0.415. The van der Waals surface area contributed by atoms with E-state index in [4.69, 9.17) is 0 Å². The van der Waals surface area contributed by atoms with E-state index in [1.54, 1.807) is 20.0 Å². The lowest BCUT2D eigenvalue weighted by molar-refractivity contribution is 0.586. The highest BCUT2D eigenvalue weighted by atomic mass is 127. The number of halogens is 1. The van der Waals surface area contributed by atoms with Crippen LogP contribution in [0.3, 0.4) is 0 Å². The molecule has 0 aromatic heterocycles. The largest absolute Gasteiger partial charge is 0.324 e. The van der Waals surface area contributed by atoms with Gasteiger partial charge in [0, 0.05) is 3.57 Å². The molecule has 1 nitrogen and oxygen atoms in total. The fourth-order valence-corrected chi connectivity index (χ4v) is 0.830. The van der Waals surface area contributed by atoms with Crippen molar-refractivity contribution in [1.82, 2.24) is 0 Å². The molecule has 3 heteroatoms. The normalized spacial score (nSPS) is 10.0. The van der Waals surface area contributed by atoms with Crippen LogP contribution in [-0.4, -0.2) is 20.0 Å². The van der Waals surface area contributed by atoms with Crippen LogP contribution in [0.25, 0.3) is 0 Å². The molecule has 1 aromatic rings. The first kappa shape index (κ1) is 12.2. The average molecular weight is 296 g/mol. The second-order valence-corrected chi connectivity index (χ2v) is 8.21. The molecule has 0 saturated carbocycles. The summed E-state index contributed by atoms with van der Waals surface area (Å²) in [6.45, 7) is 5.23. The van der Waals surface area contributed by atoms with Gasteiger partial charge in [0.25, 0.3) is 0 Å². The van der Waals surface area contributed by atoms with Crippen molar-refractivity contribution in [1.29, 1.82) is 0 Å². The Hall–Kier alpha value is 0.180. The van der Waals surface area contributed by atoms with Gasteiger partial charge in [-0.05, 0) is 54.7 Å². The molecule has 0 unspecified atom stereocenters. The lowest BCUT2D eigenvalue weighted by Gasteiger charge is -1.86. The maximum Gasteiger partial charge on any atom is 0.0790 e. The van der Waals surface area contributed by atoms with E-state index < -0.39 is 7.14 Å². The van der Waals surface area contributed by atoms with E-state index in [2.05, 4.69) is 34.7 Å². The minimum atomic E-state index is -1.64. The van der Waals surface area contributed by atoms with Crippen molar-refractivity contribution in [2.75, 3.05) is 20.0 Å². The predicted octanol–water partition coefficient (Wildman–Crippen LogP) is 3.53. The Kier molecular flexibility index (Phi) is 5.85. The van der Waals surface area contributed by atoms with Crippen LogP contribution in [0.15, 0.2) is 30.3 Å². The van der Waals surface area contributed by atoms with Gasteiger partial charge in [0.1, 0.15) is 0 Å². The van der Waals surface area contributed by atoms with Gasteiger partial charge in [-0.2, -0.15) is 0 Å². The van der Waals surface area contributed by atoms with Crippen molar-refractivity contribution < 1.29 is 4.57 Å². The highest BCUT2D eigenvalue weighted by Gasteiger charge is 1.89. The molecule has 0 fully saturated rings. The van der Waals surface area contributed by atoms with Crippen LogP contribution in [0.2, 0.25) is 0 Å². The molecule has 0 atom stereocenters. The van der Waals surface area contributed by atoms with Crippen LogP contribution in [0.5, 0.6) is 0 Å². The van der Waals surface area contributed by atoms with Crippen molar-refractivity contribution in [3.63, 3.8) is 0 Å². The zero-order chi connectivity index (χ0) is 9.61. The van der Waals surface area contributed by atoms with Crippen molar-refractivity contribution in [3.8, 4) is 0 Å². The van der Waals surface area contributed by atoms with E-state index in [9.17, 15) is 4.57 Å². The first-order valence-electron chi connectivity index (χ1n) is 3.62. The molecule has 1 rings (SSSR count). The summed E-state index contributed by atoms with van der Waals surface area (Å²) in [5.74, 6) is 0. The quantitative estimate of drug-likeness (QED) is 0.529. The zero-order valence-corrected chi connectivity index (χ0v) is 10.7. The molecular formula is C9H14IOP. The molecule has 0 saturated heterocycles. The fraction of sp³-hybridized carbons (Fsp3) is 0.333. The average Bonchev–Trinajstić information content (AvgIpc) is 1.85. The van der Waals surface area contributed by atoms with Crippen LogP contribution in [-0.2, 0) is 4.57 Å². The van der Waals surface area contributed by atoms with E-state index >= 15 is 0 Å². The van der Waals surface area contributed by atoms with Crippen LogP contribution in [0, 0.1) is 3.57 Å². The second-order valence-electron chi connectivity index (χ2n) is 3.18. The molecule has 1 aromatic carbocycles. The van der Waals surface area contributed by atoms with Crippen molar-refractivity contribution in [2.45, 2.75) is 0 Å². The molecular weight excluding hydrogens is 282 g/mol. The van der Waals surface area contributed by atoms with Gasteiger partial charge in [0.2, 0.25) is 0 Å². The SMILES string of the molecule is CP(C)(C)=O.Ic1ccccc1. The summed E-state index contributed by atoms with van der Waals surface area (Å²) >= 11 is 2.28. The van der Waals surface area contributed by atoms with Crippen LogP contribution < -0.4 is 0 Å². The van der Waals surface area contributed by atoms with E-state index in [1.807, 2.05) is 18.2 Å². The van der Waals surface area contributed by atoms with Gasteiger partial charge in [-0.25, -0.2) is 0 Å². The highest BCUT2D eigenvalue weighted by molar-refractivity contribution is 14.1. The monoisotopic (exact) mass is 296 g/mol. The van der Waals surface area contributed by atoms with E-state index in [1.165, 1.54) is 3.57 Å². The van der Waals surface area contributed by atoms with Gasteiger partial charge in [-0.15, -0.1) is 0 Å². The Bertz CT molecular complexity index is 244. The topological polar surface area (TPSA) is 17.1 Å².